The van der Waals surface area contributed by atoms with Gasteiger partial charge in [-0.25, -0.2) is 9.18 Å². The van der Waals surface area contributed by atoms with E-state index in [1.807, 2.05) is 0 Å². The highest BCUT2D eigenvalue weighted by Gasteiger charge is 2.29. The van der Waals surface area contributed by atoms with Gasteiger partial charge in [0, 0.05) is 11.6 Å². The smallest absolute Gasteiger partial charge is 0.306 e. The summed E-state index contributed by atoms with van der Waals surface area (Å²) >= 11 is 0. The molecule has 2 N–H and O–H groups in total. The average Bonchev–Trinajstić information content (AvgIpc) is 3.40. The van der Waals surface area contributed by atoms with Gasteiger partial charge in [-0.15, -0.1) is 0 Å². The topological polar surface area (TPSA) is 66.9 Å². The lowest BCUT2D eigenvalue weighted by molar-refractivity contribution is 0.262. The van der Waals surface area contributed by atoms with Crippen LogP contribution in [0.3, 0.4) is 0 Å². The lowest BCUT2D eigenvalue weighted by Crippen LogP contribution is -2.20. The summed E-state index contributed by atoms with van der Waals surface area (Å²) in [6.07, 6.45) is 6.91. The summed E-state index contributed by atoms with van der Waals surface area (Å²) in [6, 6.07) is 7.67. The van der Waals surface area contributed by atoms with Gasteiger partial charge in [0.2, 0.25) is 0 Å². The van der Waals surface area contributed by atoms with Crippen LogP contribution in [0.1, 0.15) is 24.3 Å². The first-order valence-electron chi connectivity index (χ1n) is 7.77. The standard InChI is InChI=1S/C18H15FN4O/c19-12-5-6-15-14(8-12)17(11-3-4-11)16(10-21-15)23-18(24)22-13-2-1-7-20-9-13/h1-2,5-11H,3-4H2,(H2,22,23,24). The maximum atomic E-state index is 13.6. The van der Waals surface area contributed by atoms with Crippen LogP contribution in [-0.4, -0.2) is 16.0 Å². The van der Waals surface area contributed by atoms with Crippen molar-refractivity contribution in [1.82, 2.24) is 9.97 Å². The molecule has 0 spiro atoms. The minimum atomic E-state index is -0.373. The van der Waals surface area contributed by atoms with Gasteiger partial charge in [-0.2, -0.15) is 0 Å². The number of fused-ring (bicyclic) bond motifs is 1. The highest BCUT2D eigenvalue weighted by molar-refractivity contribution is 6.02. The van der Waals surface area contributed by atoms with Crippen LogP contribution in [0.15, 0.2) is 48.9 Å². The predicted molar refractivity (Wildman–Crippen MR) is 90.6 cm³/mol. The van der Waals surface area contributed by atoms with Gasteiger partial charge in [0.1, 0.15) is 5.82 Å². The molecule has 1 saturated carbocycles. The molecule has 2 aromatic heterocycles. The van der Waals surface area contributed by atoms with E-state index in [0.29, 0.717) is 17.3 Å². The number of carbonyl (C=O) groups is 1. The van der Waals surface area contributed by atoms with E-state index in [4.69, 9.17) is 0 Å². The van der Waals surface area contributed by atoms with Crippen molar-refractivity contribution in [3.63, 3.8) is 0 Å². The lowest BCUT2D eigenvalue weighted by atomic mass is 10.0. The van der Waals surface area contributed by atoms with E-state index in [1.54, 1.807) is 36.8 Å². The Morgan fingerprint density at radius 3 is 2.79 bits per heavy atom. The number of hydrogen-bond acceptors (Lipinski definition) is 3. The third-order valence-electron chi connectivity index (χ3n) is 4.02. The fourth-order valence-electron chi connectivity index (χ4n) is 2.82. The minimum Gasteiger partial charge on any atom is -0.306 e. The Morgan fingerprint density at radius 1 is 1.17 bits per heavy atom. The summed E-state index contributed by atoms with van der Waals surface area (Å²) in [5, 5.41) is 6.31. The summed E-state index contributed by atoms with van der Waals surface area (Å²) in [6.45, 7) is 0. The summed E-state index contributed by atoms with van der Waals surface area (Å²) < 4.78 is 13.6. The van der Waals surface area contributed by atoms with Gasteiger partial charge in [-0.1, -0.05) is 0 Å². The zero-order valence-corrected chi connectivity index (χ0v) is 12.8. The molecule has 24 heavy (non-hydrogen) atoms. The van der Waals surface area contributed by atoms with E-state index >= 15 is 0 Å². The molecule has 1 aliphatic carbocycles. The highest BCUT2D eigenvalue weighted by atomic mass is 19.1. The van der Waals surface area contributed by atoms with Gasteiger partial charge in [-0.05, 0) is 54.7 Å². The summed E-state index contributed by atoms with van der Waals surface area (Å²) in [4.78, 5) is 20.5. The van der Waals surface area contributed by atoms with Gasteiger partial charge in [0.15, 0.2) is 0 Å². The molecule has 0 atom stereocenters. The molecule has 1 fully saturated rings. The summed E-state index contributed by atoms with van der Waals surface area (Å²) in [5.74, 6) is 0.0363. The van der Waals surface area contributed by atoms with E-state index < -0.39 is 0 Å². The molecule has 4 rings (SSSR count). The first kappa shape index (κ1) is 14.6. The second kappa shape index (κ2) is 5.88. The Labute approximate surface area is 137 Å². The second-order valence-corrected chi connectivity index (χ2v) is 5.84. The van der Waals surface area contributed by atoms with E-state index in [0.717, 1.165) is 29.3 Å². The molecular weight excluding hydrogens is 307 g/mol. The number of halogens is 1. The average molecular weight is 322 g/mol. The normalized spacial score (nSPS) is 13.7. The third kappa shape index (κ3) is 2.90. The van der Waals surface area contributed by atoms with Gasteiger partial charge in [-0.3, -0.25) is 9.97 Å². The predicted octanol–water partition coefficient (Wildman–Crippen LogP) is 4.29. The van der Waals surface area contributed by atoms with Crippen molar-refractivity contribution in [2.45, 2.75) is 18.8 Å². The molecular formula is C18H15FN4O. The Balaban J connectivity index is 1.66. The number of rotatable bonds is 3. The number of nitrogens with one attached hydrogen (secondary N) is 2. The van der Waals surface area contributed by atoms with E-state index in [9.17, 15) is 9.18 Å². The van der Waals surface area contributed by atoms with Gasteiger partial charge in [0.25, 0.3) is 0 Å². The van der Waals surface area contributed by atoms with E-state index in [1.165, 1.54) is 12.1 Å². The highest BCUT2D eigenvalue weighted by Crippen LogP contribution is 2.46. The zero-order chi connectivity index (χ0) is 16.5. The quantitative estimate of drug-likeness (QED) is 0.756. The van der Waals surface area contributed by atoms with Crippen molar-refractivity contribution in [2.75, 3.05) is 10.6 Å². The van der Waals surface area contributed by atoms with Crippen molar-refractivity contribution in [2.24, 2.45) is 0 Å². The fourth-order valence-corrected chi connectivity index (χ4v) is 2.82. The number of nitrogens with zero attached hydrogens (tertiary/aromatic N) is 2. The zero-order valence-electron chi connectivity index (χ0n) is 12.8. The molecule has 120 valence electrons. The van der Waals surface area contributed by atoms with Gasteiger partial charge >= 0.3 is 6.03 Å². The van der Waals surface area contributed by atoms with Gasteiger partial charge < -0.3 is 10.6 Å². The Hall–Kier alpha value is -3.02. The molecule has 2 heterocycles. The number of pyridine rings is 2. The largest absolute Gasteiger partial charge is 0.323 e. The van der Waals surface area contributed by atoms with Crippen LogP contribution in [0, 0.1) is 5.82 Å². The number of hydrogen-bond donors (Lipinski definition) is 2. The van der Waals surface area contributed by atoms with Crippen LogP contribution in [0.2, 0.25) is 0 Å². The first-order chi connectivity index (χ1) is 11.7. The molecule has 3 aromatic rings. The number of aromatic nitrogens is 2. The molecule has 5 nitrogen and oxygen atoms in total. The van der Waals surface area contributed by atoms with Crippen LogP contribution < -0.4 is 10.6 Å². The Bertz CT molecular complexity index is 910. The van der Waals surface area contributed by atoms with Crippen molar-refractivity contribution < 1.29 is 9.18 Å². The lowest BCUT2D eigenvalue weighted by Gasteiger charge is -2.14. The minimum absolute atomic E-state index is 0.303. The molecule has 1 aliphatic rings. The van der Waals surface area contributed by atoms with Crippen LogP contribution in [0.4, 0.5) is 20.6 Å². The van der Waals surface area contributed by atoms with Crippen LogP contribution >= 0.6 is 0 Å². The number of amides is 2. The third-order valence-corrected chi connectivity index (χ3v) is 4.02. The monoisotopic (exact) mass is 322 g/mol. The Morgan fingerprint density at radius 2 is 2.04 bits per heavy atom. The van der Waals surface area contributed by atoms with Gasteiger partial charge in [0.05, 0.1) is 29.3 Å². The van der Waals surface area contributed by atoms with E-state index in [2.05, 4.69) is 20.6 Å². The van der Waals surface area contributed by atoms with Crippen LogP contribution in [0.25, 0.3) is 10.9 Å². The first-order valence-corrected chi connectivity index (χ1v) is 7.77. The van der Waals surface area contributed by atoms with Crippen LogP contribution in [-0.2, 0) is 0 Å². The fraction of sp³-hybridized carbons (Fsp3) is 0.167. The van der Waals surface area contributed by atoms with Crippen molar-refractivity contribution in [3.8, 4) is 0 Å². The molecule has 0 radical (unpaired) electrons. The number of anilines is 2. The SMILES string of the molecule is O=C(Nc1cccnc1)Nc1cnc2ccc(F)cc2c1C1CC1. The van der Waals surface area contributed by atoms with Crippen molar-refractivity contribution >= 4 is 28.3 Å². The molecule has 2 amide bonds. The number of urea groups is 1. The maximum absolute atomic E-state index is 13.6. The Kier molecular flexibility index (Phi) is 3.57. The number of carbonyl (C=O) groups excluding carboxylic acids is 1. The second-order valence-electron chi connectivity index (χ2n) is 5.84. The number of benzene rings is 1. The van der Waals surface area contributed by atoms with E-state index in [-0.39, 0.29) is 11.8 Å². The molecule has 0 unspecified atom stereocenters. The van der Waals surface area contributed by atoms with Crippen molar-refractivity contribution in [3.05, 3.63) is 60.3 Å². The molecule has 0 saturated heterocycles. The molecule has 0 aliphatic heterocycles. The van der Waals surface area contributed by atoms with Crippen LogP contribution in [0.5, 0.6) is 0 Å². The molecule has 1 aromatic carbocycles. The summed E-state index contributed by atoms with van der Waals surface area (Å²) in [7, 11) is 0. The molecule has 6 heteroatoms. The maximum Gasteiger partial charge on any atom is 0.323 e. The van der Waals surface area contributed by atoms with Crippen molar-refractivity contribution in [1.29, 1.82) is 0 Å². The summed E-state index contributed by atoms with van der Waals surface area (Å²) in [5.41, 5.74) is 2.91. The molecule has 0 bridgehead atoms.